The topological polar surface area (TPSA) is 4.93 Å². The van der Waals surface area contributed by atoms with E-state index >= 15 is 0 Å². The zero-order valence-corrected chi connectivity index (χ0v) is 9.11. The molecule has 0 unspecified atom stereocenters. The number of rotatable bonds is 1. The summed E-state index contributed by atoms with van der Waals surface area (Å²) in [7, 11) is 0. The maximum atomic E-state index is 2.40. The van der Waals surface area contributed by atoms with E-state index in [4.69, 9.17) is 0 Å². The quantitative estimate of drug-likeness (QED) is 0.651. The predicted molar refractivity (Wildman–Crippen MR) is 43.2 cm³/mol. The van der Waals surface area contributed by atoms with Gasteiger partial charge < -0.3 is 0 Å². The fourth-order valence-electron chi connectivity index (χ4n) is 0.782. The minimum atomic E-state index is -1.73. The van der Waals surface area contributed by atoms with Crippen molar-refractivity contribution < 1.29 is 0 Å². The third-order valence-electron chi connectivity index (χ3n) is 1.38. The first-order chi connectivity index (χ1) is 4.11. The molecule has 1 nitrogen and oxygen atoms in total. The molecule has 0 aliphatic rings. The number of hydrogen-bond donors (Lipinski definition) is 0. The summed E-state index contributed by atoms with van der Waals surface area (Å²) in [6, 6.07) is 4.20. The van der Waals surface area contributed by atoms with Gasteiger partial charge >= 0.3 is 60.8 Å². The monoisotopic (exact) mass is 231 g/mol. The Morgan fingerprint density at radius 3 is 1.67 bits per heavy atom. The molecule has 0 saturated carbocycles. The molecule has 0 aromatic carbocycles. The summed E-state index contributed by atoms with van der Waals surface area (Å²) >= 11 is -1.73. The molecule has 0 radical (unpaired) electrons. The molecule has 0 N–H and O–H groups in total. The zero-order chi connectivity index (χ0) is 6.91. The Kier molecular flexibility index (Phi) is 1.89. The Hall–Kier alpha value is 0.0787. The van der Waals surface area contributed by atoms with Crippen LogP contribution in [0.4, 0.5) is 0 Å². The van der Waals surface area contributed by atoms with Crippen molar-refractivity contribution in [3.05, 3.63) is 24.5 Å². The second-order valence-corrected chi connectivity index (χ2v) is 17.1. The molecule has 0 bridgehead atoms. The summed E-state index contributed by atoms with van der Waals surface area (Å²) in [5.74, 6) is 0. The molecule has 1 aromatic heterocycles. The van der Waals surface area contributed by atoms with Crippen molar-refractivity contribution >= 4 is 18.7 Å². The van der Waals surface area contributed by atoms with Gasteiger partial charge in [-0.25, -0.2) is 0 Å². The van der Waals surface area contributed by atoms with Crippen LogP contribution in [0.25, 0.3) is 0 Å². The summed E-state index contributed by atoms with van der Waals surface area (Å²) < 4.78 is 2.40. The van der Waals surface area contributed by atoms with Crippen LogP contribution in [0, 0.1) is 0 Å². The fraction of sp³-hybridized carbons (Fsp3) is 0.429. The van der Waals surface area contributed by atoms with Crippen molar-refractivity contribution in [3.63, 3.8) is 0 Å². The van der Waals surface area contributed by atoms with Crippen LogP contribution < -0.4 is 0 Å². The Labute approximate surface area is 60.9 Å². The Morgan fingerprint density at radius 1 is 1.00 bits per heavy atom. The molecule has 0 saturated heterocycles. The number of aromatic nitrogens is 1. The van der Waals surface area contributed by atoms with E-state index < -0.39 is 18.7 Å². The van der Waals surface area contributed by atoms with Crippen molar-refractivity contribution in [2.24, 2.45) is 0 Å². The molecule has 0 aliphatic heterocycles. The molecule has 2 heteroatoms. The molecular formula is C7H13NSn. The van der Waals surface area contributed by atoms with Gasteiger partial charge in [0.15, 0.2) is 0 Å². The third-order valence-corrected chi connectivity index (χ3v) is 6.65. The van der Waals surface area contributed by atoms with E-state index in [9.17, 15) is 0 Å². The van der Waals surface area contributed by atoms with Crippen molar-refractivity contribution in [1.29, 1.82) is 0 Å². The van der Waals surface area contributed by atoms with E-state index in [1.54, 1.807) is 0 Å². The maximum absolute atomic E-state index is 2.40. The fourth-order valence-corrected chi connectivity index (χ4v) is 3.83. The molecule has 9 heavy (non-hydrogen) atoms. The Bertz CT molecular complexity index is 171. The van der Waals surface area contributed by atoms with Gasteiger partial charge in [-0.15, -0.1) is 0 Å². The number of nitrogens with zero attached hydrogens (tertiary/aromatic N) is 1. The van der Waals surface area contributed by atoms with Crippen LogP contribution in [-0.2, 0) is 0 Å². The standard InChI is InChI=1S/C4H4N.3CH3.Sn/c1-2-4-5-3-1;;;;/h1-4H;3*1H3;/q-1;;;;+1. The molecule has 1 heterocycles. The summed E-state index contributed by atoms with van der Waals surface area (Å²) in [4.78, 5) is 7.19. The average molecular weight is 230 g/mol. The van der Waals surface area contributed by atoms with Gasteiger partial charge in [-0.2, -0.15) is 0 Å². The summed E-state index contributed by atoms with van der Waals surface area (Å²) in [5, 5.41) is 0. The van der Waals surface area contributed by atoms with Crippen LogP contribution >= 0.6 is 0 Å². The average Bonchev–Trinajstić information content (AvgIpc) is 2.08. The second kappa shape index (κ2) is 2.37. The molecule has 0 fully saturated rings. The van der Waals surface area contributed by atoms with Gasteiger partial charge in [0.2, 0.25) is 0 Å². The summed E-state index contributed by atoms with van der Waals surface area (Å²) in [6.45, 7) is 0. The van der Waals surface area contributed by atoms with Crippen molar-refractivity contribution in [1.82, 2.24) is 2.79 Å². The molecule has 0 amide bonds. The SMILES string of the molecule is [CH3][Sn]([CH3])([CH3])[n]1cccc1. The van der Waals surface area contributed by atoms with Crippen LogP contribution in [0.1, 0.15) is 0 Å². The van der Waals surface area contributed by atoms with Crippen molar-refractivity contribution in [2.75, 3.05) is 0 Å². The van der Waals surface area contributed by atoms with E-state index in [1.807, 2.05) is 0 Å². The van der Waals surface area contributed by atoms with Gasteiger partial charge in [-0.1, -0.05) is 0 Å². The van der Waals surface area contributed by atoms with Gasteiger partial charge in [0.05, 0.1) is 0 Å². The molecule has 50 valence electrons. The van der Waals surface area contributed by atoms with E-state index in [1.165, 1.54) is 0 Å². The van der Waals surface area contributed by atoms with Gasteiger partial charge in [0.1, 0.15) is 0 Å². The van der Waals surface area contributed by atoms with Crippen molar-refractivity contribution in [3.8, 4) is 0 Å². The van der Waals surface area contributed by atoms with Crippen LogP contribution in [0.15, 0.2) is 24.5 Å². The van der Waals surface area contributed by atoms with E-state index in [2.05, 4.69) is 42.1 Å². The van der Waals surface area contributed by atoms with Crippen LogP contribution in [0.5, 0.6) is 0 Å². The summed E-state index contributed by atoms with van der Waals surface area (Å²) in [5.41, 5.74) is 0. The molecule has 0 spiro atoms. The van der Waals surface area contributed by atoms with Crippen LogP contribution in [-0.4, -0.2) is 21.4 Å². The Morgan fingerprint density at radius 2 is 1.44 bits per heavy atom. The minimum absolute atomic E-state index is 1.73. The first-order valence-corrected chi connectivity index (χ1v) is 13.1. The van der Waals surface area contributed by atoms with E-state index in [0.717, 1.165) is 0 Å². The predicted octanol–water partition coefficient (Wildman–Crippen LogP) is 2.17. The van der Waals surface area contributed by atoms with Crippen LogP contribution in [0.3, 0.4) is 0 Å². The van der Waals surface area contributed by atoms with Gasteiger partial charge in [0.25, 0.3) is 0 Å². The summed E-state index contributed by atoms with van der Waals surface area (Å²) in [6.07, 6.45) is 4.35. The van der Waals surface area contributed by atoms with Gasteiger partial charge in [-0.3, -0.25) is 0 Å². The van der Waals surface area contributed by atoms with Crippen LogP contribution in [0.2, 0.25) is 14.8 Å². The molecule has 1 aromatic rings. The van der Waals surface area contributed by atoms with E-state index in [-0.39, 0.29) is 0 Å². The zero-order valence-electron chi connectivity index (χ0n) is 6.26. The van der Waals surface area contributed by atoms with Gasteiger partial charge in [-0.05, 0) is 0 Å². The molecule has 1 rings (SSSR count). The van der Waals surface area contributed by atoms with E-state index in [0.29, 0.717) is 0 Å². The van der Waals surface area contributed by atoms with Crippen molar-refractivity contribution in [2.45, 2.75) is 14.8 Å². The van der Waals surface area contributed by atoms with Gasteiger partial charge in [0, 0.05) is 0 Å². The second-order valence-electron chi connectivity index (χ2n) is 3.26. The molecule has 0 aliphatic carbocycles. The molecular weight excluding hydrogens is 217 g/mol. The Balaban J connectivity index is 2.90. The molecule has 0 atom stereocenters. The first kappa shape index (κ1) is 7.19. The normalized spacial score (nSPS) is 11.9. The first-order valence-electron chi connectivity index (χ1n) is 3.24. The number of hydrogen-bond acceptors (Lipinski definition) is 0. The third kappa shape index (κ3) is 1.75.